The lowest BCUT2D eigenvalue weighted by molar-refractivity contribution is 0.414. The number of anilines is 1. The highest BCUT2D eigenvalue weighted by atomic mass is 15.0. The summed E-state index contributed by atoms with van der Waals surface area (Å²) in [7, 11) is 0. The molecule has 0 bridgehead atoms. The molecule has 1 aromatic carbocycles. The predicted molar refractivity (Wildman–Crippen MR) is 80.6 cm³/mol. The van der Waals surface area contributed by atoms with Crippen LogP contribution in [-0.4, -0.2) is 24.1 Å². The number of pyridine rings is 1. The van der Waals surface area contributed by atoms with E-state index < -0.39 is 0 Å². The van der Waals surface area contributed by atoms with E-state index in [4.69, 9.17) is 0 Å². The number of piperidine rings is 1. The van der Waals surface area contributed by atoms with Crippen molar-refractivity contribution in [2.45, 2.75) is 32.2 Å². The summed E-state index contributed by atoms with van der Waals surface area (Å²) in [5.41, 5.74) is 1.29. The number of nitrogens with zero attached hydrogens (tertiary/aromatic N) is 1. The van der Waals surface area contributed by atoms with Crippen LogP contribution in [0.25, 0.3) is 10.8 Å². The second-order valence-electron chi connectivity index (χ2n) is 5.41. The van der Waals surface area contributed by atoms with Gasteiger partial charge in [0.1, 0.15) is 5.82 Å². The highest BCUT2D eigenvalue weighted by Crippen LogP contribution is 2.22. The summed E-state index contributed by atoms with van der Waals surface area (Å²) < 4.78 is 0. The topological polar surface area (TPSA) is 37.0 Å². The molecular formula is C16H21N3. The summed E-state index contributed by atoms with van der Waals surface area (Å²) in [5, 5.41) is 9.53. The maximum atomic E-state index is 4.48. The highest BCUT2D eigenvalue weighted by Gasteiger charge is 2.12. The quantitative estimate of drug-likeness (QED) is 0.885. The van der Waals surface area contributed by atoms with Gasteiger partial charge in [-0.2, -0.15) is 0 Å². The zero-order valence-corrected chi connectivity index (χ0v) is 11.4. The van der Waals surface area contributed by atoms with Crippen LogP contribution < -0.4 is 10.6 Å². The van der Waals surface area contributed by atoms with Crippen molar-refractivity contribution < 1.29 is 0 Å². The summed E-state index contributed by atoms with van der Waals surface area (Å²) in [6.45, 7) is 4.23. The van der Waals surface area contributed by atoms with E-state index in [1.54, 1.807) is 0 Å². The molecular weight excluding hydrogens is 234 g/mol. The van der Waals surface area contributed by atoms with E-state index in [0.717, 1.165) is 18.9 Å². The van der Waals surface area contributed by atoms with Crippen molar-refractivity contribution in [3.63, 3.8) is 0 Å². The number of nitrogens with one attached hydrogen (secondary N) is 2. The molecule has 0 saturated carbocycles. The van der Waals surface area contributed by atoms with E-state index in [1.807, 2.05) is 6.20 Å². The molecule has 0 aliphatic carbocycles. The van der Waals surface area contributed by atoms with Crippen LogP contribution in [0.4, 0.5) is 5.82 Å². The van der Waals surface area contributed by atoms with Crippen molar-refractivity contribution in [2.24, 2.45) is 0 Å². The summed E-state index contributed by atoms with van der Waals surface area (Å²) in [6, 6.07) is 9.17. The van der Waals surface area contributed by atoms with Crippen molar-refractivity contribution in [1.82, 2.24) is 10.3 Å². The van der Waals surface area contributed by atoms with Crippen LogP contribution in [0.15, 0.2) is 30.5 Å². The first-order valence-corrected chi connectivity index (χ1v) is 7.15. The molecule has 1 aromatic heterocycles. The van der Waals surface area contributed by atoms with Crippen LogP contribution in [0.1, 0.15) is 24.8 Å². The molecule has 2 N–H and O–H groups in total. The summed E-state index contributed by atoms with van der Waals surface area (Å²) in [6.07, 6.45) is 5.79. The predicted octanol–water partition coefficient (Wildman–Crippen LogP) is 3.10. The Kier molecular flexibility index (Phi) is 3.65. The maximum absolute atomic E-state index is 4.48. The highest BCUT2D eigenvalue weighted by molar-refractivity contribution is 5.92. The molecule has 0 amide bonds. The van der Waals surface area contributed by atoms with Gasteiger partial charge < -0.3 is 10.6 Å². The number of aryl methyl sites for hydroxylation is 1. The zero-order chi connectivity index (χ0) is 13.1. The van der Waals surface area contributed by atoms with Gasteiger partial charge >= 0.3 is 0 Å². The molecule has 1 unspecified atom stereocenters. The van der Waals surface area contributed by atoms with Gasteiger partial charge in [0, 0.05) is 24.2 Å². The molecule has 3 rings (SSSR count). The first-order chi connectivity index (χ1) is 9.33. The molecule has 3 heteroatoms. The third kappa shape index (κ3) is 2.87. The van der Waals surface area contributed by atoms with Crippen LogP contribution in [0.2, 0.25) is 0 Å². The van der Waals surface area contributed by atoms with Crippen molar-refractivity contribution in [3.8, 4) is 0 Å². The fraction of sp³-hybridized carbons (Fsp3) is 0.438. The van der Waals surface area contributed by atoms with Crippen LogP contribution >= 0.6 is 0 Å². The third-order valence-corrected chi connectivity index (χ3v) is 3.85. The minimum absolute atomic E-state index is 0.580. The second-order valence-corrected chi connectivity index (χ2v) is 5.41. The second kappa shape index (κ2) is 5.57. The van der Waals surface area contributed by atoms with Gasteiger partial charge in [-0.3, -0.25) is 0 Å². The minimum Gasteiger partial charge on any atom is -0.368 e. The number of fused-ring (bicyclic) bond motifs is 1. The van der Waals surface area contributed by atoms with Gasteiger partial charge in [-0.05, 0) is 37.8 Å². The number of hydrogen-bond acceptors (Lipinski definition) is 3. The summed E-state index contributed by atoms with van der Waals surface area (Å²) >= 11 is 0. The molecule has 3 nitrogen and oxygen atoms in total. The number of aromatic nitrogens is 1. The number of hydrogen-bond donors (Lipinski definition) is 2. The van der Waals surface area contributed by atoms with Gasteiger partial charge in [-0.15, -0.1) is 0 Å². The van der Waals surface area contributed by atoms with E-state index in [9.17, 15) is 0 Å². The molecule has 1 aliphatic rings. The van der Waals surface area contributed by atoms with E-state index in [-0.39, 0.29) is 0 Å². The maximum Gasteiger partial charge on any atom is 0.133 e. The zero-order valence-electron chi connectivity index (χ0n) is 11.4. The Morgan fingerprint density at radius 3 is 3.11 bits per heavy atom. The molecule has 2 heterocycles. The van der Waals surface area contributed by atoms with Crippen molar-refractivity contribution in [1.29, 1.82) is 0 Å². The van der Waals surface area contributed by atoms with Gasteiger partial charge in [0.15, 0.2) is 0 Å². The molecule has 2 aromatic rings. The molecule has 19 heavy (non-hydrogen) atoms. The van der Waals surface area contributed by atoms with Crippen LogP contribution in [0.3, 0.4) is 0 Å². The molecule has 100 valence electrons. The van der Waals surface area contributed by atoms with Gasteiger partial charge in [-0.1, -0.05) is 30.2 Å². The summed E-state index contributed by atoms with van der Waals surface area (Å²) in [4.78, 5) is 4.48. The van der Waals surface area contributed by atoms with Gasteiger partial charge in [-0.25, -0.2) is 4.98 Å². The first kappa shape index (κ1) is 12.4. The number of rotatable bonds is 3. The van der Waals surface area contributed by atoms with Crippen LogP contribution in [-0.2, 0) is 0 Å². The molecule has 0 radical (unpaired) electrons. The standard InChI is InChI=1S/C16H21N3/c1-12-5-6-15-13(10-12)7-9-18-16(15)19-11-14-4-2-3-8-17-14/h5-7,9-10,14,17H,2-4,8,11H2,1H3,(H,18,19). The molecule has 1 saturated heterocycles. The molecule has 1 atom stereocenters. The van der Waals surface area contributed by atoms with Gasteiger partial charge in [0.25, 0.3) is 0 Å². The van der Waals surface area contributed by atoms with Crippen LogP contribution in [0, 0.1) is 6.92 Å². The Hall–Kier alpha value is -1.61. The van der Waals surface area contributed by atoms with Crippen LogP contribution in [0.5, 0.6) is 0 Å². The minimum atomic E-state index is 0.580. The van der Waals surface area contributed by atoms with E-state index in [1.165, 1.54) is 35.6 Å². The monoisotopic (exact) mass is 255 g/mol. The first-order valence-electron chi connectivity index (χ1n) is 7.15. The Morgan fingerprint density at radius 2 is 2.26 bits per heavy atom. The summed E-state index contributed by atoms with van der Waals surface area (Å²) in [5.74, 6) is 1.00. The Bertz CT molecular complexity index is 559. The van der Waals surface area contributed by atoms with E-state index in [2.05, 4.69) is 46.8 Å². The van der Waals surface area contributed by atoms with Gasteiger partial charge in [0.05, 0.1) is 0 Å². The average molecular weight is 255 g/mol. The average Bonchev–Trinajstić information content (AvgIpc) is 2.45. The van der Waals surface area contributed by atoms with E-state index >= 15 is 0 Å². The molecule has 0 spiro atoms. The van der Waals surface area contributed by atoms with Gasteiger partial charge in [0.2, 0.25) is 0 Å². The smallest absolute Gasteiger partial charge is 0.133 e. The Labute approximate surface area is 114 Å². The normalized spacial score (nSPS) is 19.5. The lowest BCUT2D eigenvalue weighted by atomic mass is 10.0. The van der Waals surface area contributed by atoms with Crippen molar-refractivity contribution in [2.75, 3.05) is 18.4 Å². The fourth-order valence-electron chi connectivity index (χ4n) is 2.76. The van der Waals surface area contributed by atoms with E-state index in [0.29, 0.717) is 6.04 Å². The Balaban J connectivity index is 1.76. The van der Waals surface area contributed by atoms with Crippen molar-refractivity contribution >= 4 is 16.6 Å². The Morgan fingerprint density at radius 1 is 1.32 bits per heavy atom. The molecule has 1 fully saturated rings. The largest absolute Gasteiger partial charge is 0.368 e. The lowest BCUT2D eigenvalue weighted by Crippen LogP contribution is -2.39. The molecule has 1 aliphatic heterocycles. The third-order valence-electron chi connectivity index (χ3n) is 3.85. The number of benzene rings is 1. The fourth-order valence-corrected chi connectivity index (χ4v) is 2.76. The lowest BCUT2D eigenvalue weighted by Gasteiger charge is -2.24. The van der Waals surface area contributed by atoms with Crippen molar-refractivity contribution in [3.05, 3.63) is 36.0 Å². The SMILES string of the molecule is Cc1ccc2c(NCC3CCCCN3)nccc2c1.